The van der Waals surface area contributed by atoms with E-state index in [1.807, 2.05) is 0 Å². The monoisotopic (exact) mass is 380 g/mol. The van der Waals surface area contributed by atoms with Gasteiger partial charge in [-0.25, -0.2) is 0 Å². The number of aliphatic hydroxyl groups excluding tert-OH is 1. The molecule has 0 unspecified atom stereocenters. The summed E-state index contributed by atoms with van der Waals surface area (Å²) in [6.07, 6.45) is 8.23. The molecule has 4 fully saturated rings. The predicted octanol–water partition coefficient (Wildman–Crippen LogP) is 3.67. The van der Waals surface area contributed by atoms with Crippen LogP contribution in [0.15, 0.2) is 0 Å². The van der Waals surface area contributed by atoms with Crippen LogP contribution in [0.25, 0.3) is 0 Å². The quantitative estimate of drug-likeness (QED) is 0.725. The van der Waals surface area contributed by atoms with Crippen molar-refractivity contribution in [2.24, 2.45) is 34.5 Å². The topological polar surface area (TPSA) is 83.8 Å². The highest BCUT2D eigenvalue weighted by atomic mass is 16.5. The van der Waals surface area contributed by atoms with Gasteiger partial charge in [-0.1, -0.05) is 13.8 Å². The summed E-state index contributed by atoms with van der Waals surface area (Å²) in [5.74, 6) is 2.20. The number of ether oxygens (including phenoxy) is 1. The van der Waals surface area contributed by atoms with E-state index in [2.05, 4.69) is 13.8 Å². The number of rotatable bonds is 1. The third-order valence-corrected chi connectivity index (χ3v) is 8.54. The van der Waals surface area contributed by atoms with E-state index in [4.69, 9.17) is 14.6 Å². The molecule has 0 aromatic carbocycles. The van der Waals surface area contributed by atoms with Gasteiger partial charge in [0, 0.05) is 26.9 Å². The molecule has 5 heteroatoms. The molecule has 0 saturated heterocycles. The van der Waals surface area contributed by atoms with Gasteiger partial charge in [-0.15, -0.1) is 0 Å². The van der Waals surface area contributed by atoms with Crippen molar-refractivity contribution in [1.29, 1.82) is 0 Å². The van der Waals surface area contributed by atoms with E-state index in [1.165, 1.54) is 19.3 Å². The minimum atomic E-state index is -0.833. The minimum Gasteiger partial charge on any atom is -0.481 e. The normalized spacial score (nSPS) is 48.6. The highest BCUT2D eigenvalue weighted by molar-refractivity contribution is 5.82. The number of fused-ring (bicyclic) bond motifs is 5. The molecule has 0 aromatic rings. The molecular formula is C22H36O5. The summed E-state index contributed by atoms with van der Waals surface area (Å²) < 4.78 is 5.74. The third kappa shape index (κ3) is 3.57. The van der Waals surface area contributed by atoms with Gasteiger partial charge in [0.1, 0.15) is 5.78 Å². The molecule has 5 nitrogen and oxygen atoms in total. The van der Waals surface area contributed by atoms with Gasteiger partial charge in [-0.3, -0.25) is 9.59 Å². The molecule has 0 radical (unpaired) electrons. The van der Waals surface area contributed by atoms with Crippen LogP contribution in [0, 0.1) is 34.5 Å². The van der Waals surface area contributed by atoms with E-state index in [0.29, 0.717) is 23.5 Å². The first kappa shape index (κ1) is 20.8. The number of ketones is 1. The summed E-state index contributed by atoms with van der Waals surface area (Å²) in [7, 11) is 1.76. The Kier molecular flexibility index (Phi) is 5.75. The molecule has 0 heterocycles. The van der Waals surface area contributed by atoms with E-state index >= 15 is 0 Å². The van der Waals surface area contributed by atoms with Gasteiger partial charge in [0.05, 0.1) is 12.2 Å². The lowest BCUT2D eigenvalue weighted by Crippen LogP contribution is -2.58. The summed E-state index contributed by atoms with van der Waals surface area (Å²) in [5, 5.41) is 17.8. The van der Waals surface area contributed by atoms with Gasteiger partial charge in [-0.05, 0) is 73.0 Å². The van der Waals surface area contributed by atoms with Crippen molar-refractivity contribution in [2.75, 3.05) is 7.11 Å². The maximum Gasteiger partial charge on any atom is 0.300 e. The van der Waals surface area contributed by atoms with E-state index in [1.54, 1.807) is 7.11 Å². The van der Waals surface area contributed by atoms with Crippen molar-refractivity contribution < 1.29 is 24.5 Å². The molecule has 4 aliphatic carbocycles. The van der Waals surface area contributed by atoms with Crippen molar-refractivity contribution in [3.05, 3.63) is 0 Å². The zero-order valence-corrected chi connectivity index (χ0v) is 17.2. The Bertz CT molecular complexity index is 585. The molecule has 8 atom stereocenters. The number of carbonyl (C=O) groups excluding carboxylic acids is 1. The van der Waals surface area contributed by atoms with Crippen molar-refractivity contribution in [3.8, 4) is 0 Å². The highest BCUT2D eigenvalue weighted by Gasteiger charge is 2.61. The van der Waals surface area contributed by atoms with Gasteiger partial charge < -0.3 is 14.9 Å². The lowest BCUT2D eigenvalue weighted by molar-refractivity contribution is -0.179. The van der Waals surface area contributed by atoms with Crippen LogP contribution in [0.1, 0.15) is 72.1 Å². The fraction of sp³-hybridized carbons (Fsp3) is 0.909. The number of carboxylic acids is 1. The maximum atomic E-state index is 12.1. The summed E-state index contributed by atoms with van der Waals surface area (Å²) in [4.78, 5) is 21.1. The van der Waals surface area contributed by atoms with Crippen LogP contribution in [-0.4, -0.2) is 41.3 Å². The molecule has 0 aliphatic heterocycles. The van der Waals surface area contributed by atoms with Gasteiger partial charge in [0.25, 0.3) is 5.97 Å². The van der Waals surface area contributed by atoms with Gasteiger partial charge in [0.15, 0.2) is 0 Å². The fourth-order valence-electron chi connectivity index (χ4n) is 7.39. The van der Waals surface area contributed by atoms with Crippen LogP contribution in [0.2, 0.25) is 0 Å². The van der Waals surface area contributed by atoms with Crippen LogP contribution >= 0.6 is 0 Å². The van der Waals surface area contributed by atoms with Crippen LogP contribution in [0.4, 0.5) is 0 Å². The van der Waals surface area contributed by atoms with Crippen molar-refractivity contribution in [1.82, 2.24) is 0 Å². The number of hydrogen-bond acceptors (Lipinski definition) is 4. The number of Topliss-reactive ketones (excluding diaryl/α,β-unsaturated/α-hetero) is 1. The van der Waals surface area contributed by atoms with Crippen LogP contribution in [0.5, 0.6) is 0 Å². The van der Waals surface area contributed by atoms with Crippen molar-refractivity contribution in [3.63, 3.8) is 0 Å². The maximum absolute atomic E-state index is 12.1. The van der Waals surface area contributed by atoms with Crippen LogP contribution in [0.3, 0.4) is 0 Å². The minimum absolute atomic E-state index is 0.00761. The number of aliphatic carboxylic acids is 1. The van der Waals surface area contributed by atoms with Crippen molar-refractivity contribution >= 4 is 11.8 Å². The molecule has 0 aromatic heterocycles. The lowest BCUT2D eigenvalue weighted by Gasteiger charge is -2.61. The number of hydrogen-bond donors (Lipinski definition) is 2. The van der Waals surface area contributed by atoms with Crippen LogP contribution in [-0.2, 0) is 14.3 Å². The van der Waals surface area contributed by atoms with Crippen molar-refractivity contribution in [2.45, 2.75) is 84.3 Å². The summed E-state index contributed by atoms with van der Waals surface area (Å²) in [6, 6.07) is 0. The number of carboxylic acid groups (broad SMARTS) is 1. The first-order valence-corrected chi connectivity index (χ1v) is 10.5. The average Bonchev–Trinajstić information content (AvgIpc) is 2.89. The molecule has 0 spiro atoms. The molecule has 0 amide bonds. The number of aliphatic hydroxyl groups is 1. The van der Waals surface area contributed by atoms with Gasteiger partial charge in [-0.2, -0.15) is 0 Å². The zero-order valence-electron chi connectivity index (χ0n) is 17.2. The van der Waals surface area contributed by atoms with Gasteiger partial charge in [0.2, 0.25) is 0 Å². The Labute approximate surface area is 162 Å². The molecule has 2 N–H and O–H groups in total. The second-order valence-corrected chi connectivity index (χ2v) is 10.0. The predicted molar refractivity (Wildman–Crippen MR) is 102 cm³/mol. The Morgan fingerprint density at radius 3 is 2.37 bits per heavy atom. The summed E-state index contributed by atoms with van der Waals surface area (Å²) in [6.45, 7) is 5.92. The largest absolute Gasteiger partial charge is 0.481 e. The Balaban J connectivity index is 0.000000481. The first-order valence-electron chi connectivity index (χ1n) is 10.5. The Morgan fingerprint density at radius 1 is 1.07 bits per heavy atom. The van der Waals surface area contributed by atoms with E-state index in [9.17, 15) is 9.90 Å². The average molecular weight is 381 g/mol. The fourth-order valence-corrected chi connectivity index (χ4v) is 7.39. The van der Waals surface area contributed by atoms with E-state index in [0.717, 1.165) is 44.9 Å². The number of carbonyl (C=O) groups is 2. The molecule has 4 rings (SSSR count). The Morgan fingerprint density at radius 2 is 1.74 bits per heavy atom. The molecule has 154 valence electrons. The third-order valence-electron chi connectivity index (χ3n) is 8.54. The first-order chi connectivity index (χ1) is 12.6. The second kappa shape index (κ2) is 7.47. The highest BCUT2D eigenvalue weighted by Crippen LogP contribution is 2.65. The van der Waals surface area contributed by atoms with Crippen LogP contribution < -0.4 is 0 Å². The standard InChI is InChI=1S/C20H32O3.C2H4O2/c1-19-8-6-14-13(16(19)10-12(21)11-19)4-5-15-18(23-3)17(22)7-9-20(14,15)2;1-2(3)4/h13-18,22H,4-11H2,1-3H3;1H3,(H,3,4)/t13-,14+,15+,16+,17-,18-,19-,20-;/m0./s1. The van der Waals surface area contributed by atoms with Gasteiger partial charge >= 0.3 is 0 Å². The number of methoxy groups -OCH3 is 1. The van der Waals surface area contributed by atoms with E-state index < -0.39 is 5.97 Å². The molecule has 27 heavy (non-hydrogen) atoms. The molecule has 4 saturated carbocycles. The molecule has 4 aliphatic rings. The smallest absolute Gasteiger partial charge is 0.300 e. The lowest BCUT2D eigenvalue weighted by atomic mass is 9.45. The molecular weight excluding hydrogens is 344 g/mol. The second-order valence-electron chi connectivity index (χ2n) is 10.0. The SMILES string of the molecule is CC(=O)O.CO[C@H]1[C@H]2CC[C@@H]3[C@H]4CC(=O)C[C@]4(C)CC[C@H]3[C@]2(C)CC[C@@H]1O. The molecule has 0 bridgehead atoms. The zero-order chi connectivity index (χ0) is 20.0. The summed E-state index contributed by atoms with van der Waals surface area (Å²) >= 11 is 0. The Hall–Kier alpha value is -0.940. The summed E-state index contributed by atoms with van der Waals surface area (Å²) in [5.41, 5.74) is 0.562. The van der Waals surface area contributed by atoms with E-state index in [-0.39, 0.29) is 23.0 Å².